The number of hydrogen-bond donors (Lipinski definition) is 3. The highest BCUT2D eigenvalue weighted by molar-refractivity contribution is 7.99. The largest absolute Gasteiger partial charge is 0.507 e. The molecule has 53 heavy (non-hydrogen) atoms. The summed E-state index contributed by atoms with van der Waals surface area (Å²) in [6, 6.07) is 6.69. The number of amides is 1. The predicted molar refractivity (Wildman–Crippen MR) is 189 cm³/mol. The standard InChI is InChI=1S/C38H38N4O10S/c1-16-10-18-11-22-23(12-39)42-24-13-50-38(47)21(40-36(45)19-8-6-7-9-20(19)37(46)49-5)14-53-35(27-26(24)34-33(51-15-52-34)17(2)30(27)43)29(42)28(41(22)3)25(18)31(44)32(16)48-4/h6-10,21-24,28-29,35,43-44H,11,13-15H2,1-5H3,(H,40,45)/t21-,22-,23-,24-,28+,29?,35+/m0/s1. The summed E-state index contributed by atoms with van der Waals surface area (Å²) in [5.74, 6) is -0.917. The fraction of sp³-hybridized carbons (Fsp3) is 0.421. The lowest BCUT2D eigenvalue weighted by atomic mass is 9.71. The van der Waals surface area contributed by atoms with Crippen molar-refractivity contribution >= 4 is 29.6 Å². The first-order valence-electron chi connectivity index (χ1n) is 17.2. The summed E-state index contributed by atoms with van der Waals surface area (Å²) < 4.78 is 28.5. The van der Waals surface area contributed by atoms with Gasteiger partial charge in [0.1, 0.15) is 24.4 Å². The van der Waals surface area contributed by atoms with Crippen LogP contribution in [0.25, 0.3) is 0 Å². The van der Waals surface area contributed by atoms with Crippen LogP contribution in [0.3, 0.4) is 0 Å². The minimum Gasteiger partial charge on any atom is -0.507 e. The van der Waals surface area contributed by atoms with Crippen LogP contribution < -0.4 is 19.5 Å². The lowest BCUT2D eigenvalue weighted by Gasteiger charge is -2.61. The van der Waals surface area contributed by atoms with Crippen LogP contribution in [0.1, 0.15) is 71.4 Å². The van der Waals surface area contributed by atoms with E-state index in [9.17, 15) is 29.9 Å². The van der Waals surface area contributed by atoms with E-state index in [0.29, 0.717) is 45.9 Å². The number of aryl methyl sites for hydroxylation is 1. The smallest absolute Gasteiger partial charge is 0.338 e. The second-order valence-corrected chi connectivity index (χ2v) is 15.0. The zero-order valence-electron chi connectivity index (χ0n) is 29.7. The van der Waals surface area contributed by atoms with Crippen LogP contribution in [0.4, 0.5) is 0 Å². The number of benzene rings is 3. The predicted octanol–water partition coefficient (Wildman–Crippen LogP) is 3.60. The first-order valence-corrected chi connectivity index (χ1v) is 18.3. The molecule has 0 aliphatic carbocycles. The maximum atomic E-state index is 13.9. The van der Waals surface area contributed by atoms with E-state index in [1.165, 1.54) is 38.1 Å². The molecule has 3 aromatic carbocycles. The second-order valence-electron chi connectivity index (χ2n) is 13.9. The van der Waals surface area contributed by atoms with Crippen LogP contribution in [0.15, 0.2) is 30.3 Å². The van der Waals surface area contributed by atoms with Gasteiger partial charge in [-0.15, -0.1) is 11.8 Å². The summed E-state index contributed by atoms with van der Waals surface area (Å²) in [6.07, 6.45) is 0.470. The van der Waals surface area contributed by atoms with Crippen molar-refractivity contribution < 1.29 is 48.3 Å². The van der Waals surface area contributed by atoms with E-state index in [-0.39, 0.29) is 47.8 Å². The number of carbonyl (C=O) groups excluding carboxylic acids is 3. The minimum absolute atomic E-state index is 0.00841. The van der Waals surface area contributed by atoms with Crippen LogP contribution in [0, 0.1) is 25.2 Å². The van der Waals surface area contributed by atoms with Gasteiger partial charge in [0.2, 0.25) is 6.79 Å². The average molecular weight is 743 g/mol. The highest BCUT2D eigenvalue weighted by atomic mass is 32.2. The number of nitrogens with zero attached hydrogens (tertiary/aromatic N) is 3. The number of fused-ring (bicyclic) bond motifs is 10. The topological polar surface area (TPSA) is 180 Å². The molecule has 2 fully saturated rings. The van der Waals surface area contributed by atoms with E-state index in [4.69, 9.17) is 23.7 Å². The number of thioether (sulfide) groups is 1. The van der Waals surface area contributed by atoms with Crippen molar-refractivity contribution in [3.05, 3.63) is 74.8 Å². The third-order valence-corrected chi connectivity index (χ3v) is 12.7. The first kappa shape index (κ1) is 34.9. The molecule has 3 N–H and O–H groups in total. The van der Waals surface area contributed by atoms with Crippen molar-refractivity contribution in [3.63, 3.8) is 0 Å². The van der Waals surface area contributed by atoms with E-state index in [0.717, 1.165) is 11.1 Å². The highest BCUT2D eigenvalue weighted by Crippen LogP contribution is 2.63. The number of rotatable bonds is 4. The minimum atomic E-state index is -1.16. The number of phenols is 2. The third kappa shape index (κ3) is 5.10. The third-order valence-electron chi connectivity index (χ3n) is 11.3. The molecule has 0 saturated carbocycles. The molecule has 3 aromatic rings. The number of nitriles is 1. The van der Waals surface area contributed by atoms with Gasteiger partial charge in [0.25, 0.3) is 5.91 Å². The maximum Gasteiger partial charge on any atom is 0.338 e. The molecule has 14 nitrogen and oxygen atoms in total. The number of likely N-dealkylation sites (N-methyl/N-ethyl adjacent to an activating group) is 1. The maximum absolute atomic E-state index is 13.9. The molecule has 2 saturated heterocycles. The molecule has 0 radical (unpaired) electrons. The van der Waals surface area contributed by atoms with Gasteiger partial charge in [0.05, 0.1) is 48.7 Å². The summed E-state index contributed by atoms with van der Waals surface area (Å²) in [4.78, 5) is 44.3. The van der Waals surface area contributed by atoms with Crippen LogP contribution >= 0.6 is 11.8 Å². The van der Waals surface area contributed by atoms with Gasteiger partial charge in [-0.3, -0.25) is 14.6 Å². The lowest BCUT2D eigenvalue weighted by molar-refractivity contribution is -0.151. The van der Waals surface area contributed by atoms with Crippen molar-refractivity contribution in [1.82, 2.24) is 15.1 Å². The number of piperazine rings is 1. The fourth-order valence-electron chi connectivity index (χ4n) is 9.01. The van der Waals surface area contributed by atoms with Gasteiger partial charge in [-0.05, 0) is 50.6 Å². The number of nitrogens with one attached hydrogen (secondary N) is 1. The van der Waals surface area contributed by atoms with Gasteiger partial charge >= 0.3 is 11.9 Å². The van der Waals surface area contributed by atoms with Crippen molar-refractivity contribution in [2.75, 3.05) is 40.4 Å². The van der Waals surface area contributed by atoms with Crippen LogP contribution in [-0.2, 0) is 20.7 Å². The van der Waals surface area contributed by atoms with Gasteiger partial charge in [0.15, 0.2) is 23.0 Å². The Labute approximate surface area is 309 Å². The molecule has 0 spiro atoms. The number of hydrogen-bond acceptors (Lipinski definition) is 14. The van der Waals surface area contributed by atoms with Crippen molar-refractivity contribution in [3.8, 4) is 34.8 Å². The number of esters is 2. The molecule has 6 aliphatic heterocycles. The molecule has 1 amide bonds. The number of methoxy groups -OCH3 is 2. The second kappa shape index (κ2) is 13.0. The van der Waals surface area contributed by atoms with Crippen molar-refractivity contribution in [1.29, 1.82) is 5.26 Å². The van der Waals surface area contributed by atoms with Gasteiger partial charge in [-0.2, -0.15) is 5.26 Å². The summed E-state index contributed by atoms with van der Waals surface area (Å²) in [5.41, 5.74) is 4.02. The van der Waals surface area contributed by atoms with Gasteiger partial charge in [-0.1, -0.05) is 18.2 Å². The zero-order valence-corrected chi connectivity index (χ0v) is 30.5. The van der Waals surface area contributed by atoms with Crippen molar-refractivity contribution in [2.45, 2.75) is 61.8 Å². The molecule has 1 unspecified atom stereocenters. The molecule has 6 heterocycles. The number of carbonyl (C=O) groups is 3. The van der Waals surface area contributed by atoms with E-state index in [1.807, 2.05) is 20.0 Å². The summed E-state index contributed by atoms with van der Waals surface area (Å²) in [7, 11) is 4.67. The van der Waals surface area contributed by atoms with E-state index >= 15 is 0 Å². The molecule has 4 bridgehead atoms. The molecule has 9 rings (SSSR count). The Hall–Kier alpha value is -5.17. The first-order chi connectivity index (χ1) is 25.5. The zero-order chi connectivity index (χ0) is 37.5. The summed E-state index contributed by atoms with van der Waals surface area (Å²) in [6.45, 7) is 3.29. The number of ether oxygens (including phenoxy) is 5. The van der Waals surface area contributed by atoms with Gasteiger partial charge in [0, 0.05) is 40.1 Å². The van der Waals surface area contributed by atoms with Gasteiger partial charge < -0.3 is 39.2 Å². The quantitative estimate of drug-likeness (QED) is 0.330. The Balaban J connectivity index is 1.30. The SMILES string of the molecule is COC(=O)c1ccccc1C(=O)N[C@H]1CS[C@@H]2c3c(O)c(C)c4c(c3[C@H](COC1=O)N1C2[C@H]2c3c(cc(C)c(OC)c3O)C[C@@H]([C@@H]1C#N)N2C)OCO4. The molecule has 7 atom stereocenters. The molecular formula is C38H38N4O10S. The molecule has 15 heteroatoms. The monoisotopic (exact) mass is 742 g/mol. The average Bonchev–Trinajstić information content (AvgIpc) is 3.65. The van der Waals surface area contributed by atoms with Crippen LogP contribution in [0.5, 0.6) is 28.7 Å². The van der Waals surface area contributed by atoms with Gasteiger partial charge in [-0.25, -0.2) is 9.59 Å². The molecule has 0 aromatic heterocycles. The van der Waals surface area contributed by atoms with E-state index in [1.54, 1.807) is 19.1 Å². The number of aromatic hydroxyl groups is 2. The Kier molecular flexibility index (Phi) is 8.59. The highest BCUT2D eigenvalue weighted by Gasteiger charge is 2.60. The van der Waals surface area contributed by atoms with Crippen LogP contribution in [-0.4, -0.2) is 102 Å². The van der Waals surface area contributed by atoms with Crippen LogP contribution in [0.2, 0.25) is 0 Å². The molecule has 276 valence electrons. The summed E-state index contributed by atoms with van der Waals surface area (Å²) in [5, 5.41) is 37.0. The Morgan fingerprint density at radius 1 is 1.04 bits per heavy atom. The lowest BCUT2D eigenvalue weighted by Crippen LogP contribution is -2.69. The summed E-state index contributed by atoms with van der Waals surface area (Å²) >= 11 is 1.32. The fourth-order valence-corrected chi connectivity index (χ4v) is 10.5. The van der Waals surface area contributed by atoms with E-state index in [2.05, 4.69) is 21.2 Å². The normalized spacial score (nSPS) is 27.0. The number of phenolic OH excluding ortho intramolecular Hbond substituents is 2. The Morgan fingerprint density at radius 3 is 2.49 bits per heavy atom. The van der Waals surface area contributed by atoms with Crippen molar-refractivity contribution in [2.24, 2.45) is 0 Å². The molecule has 6 aliphatic rings. The molecular weight excluding hydrogens is 705 g/mol. The Morgan fingerprint density at radius 2 is 1.77 bits per heavy atom. The Bertz CT molecular complexity index is 2120. The van der Waals surface area contributed by atoms with E-state index < -0.39 is 53.3 Å².